The van der Waals surface area contributed by atoms with Crippen LogP contribution >= 0.6 is 0 Å². The normalized spacial score (nSPS) is 10.9. The van der Waals surface area contributed by atoms with Crippen molar-refractivity contribution < 1.29 is 9.72 Å². The van der Waals surface area contributed by atoms with Gasteiger partial charge in [-0.3, -0.25) is 24.8 Å². The molecule has 7 heteroatoms. The van der Waals surface area contributed by atoms with Crippen LogP contribution in [-0.2, 0) is 11.3 Å². The highest BCUT2D eigenvalue weighted by Crippen LogP contribution is 2.10. The van der Waals surface area contributed by atoms with E-state index in [1.54, 1.807) is 30.4 Å². The minimum absolute atomic E-state index is 0.207. The Bertz CT molecular complexity index is 447. The molecule has 1 heterocycles. The minimum Gasteiger partial charge on any atom is -0.351 e. The van der Waals surface area contributed by atoms with Crippen LogP contribution in [0.25, 0.3) is 0 Å². The summed E-state index contributed by atoms with van der Waals surface area (Å²) < 4.78 is 0. The molecule has 0 saturated carbocycles. The number of pyridine rings is 1. The minimum atomic E-state index is -0.588. The fourth-order valence-corrected chi connectivity index (χ4v) is 1.45. The van der Waals surface area contributed by atoms with Crippen molar-refractivity contribution in [3.8, 4) is 0 Å². The van der Waals surface area contributed by atoms with Gasteiger partial charge in [0.1, 0.15) is 0 Å². The van der Waals surface area contributed by atoms with E-state index in [0.717, 1.165) is 16.7 Å². The Morgan fingerprint density at radius 3 is 2.78 bits per heavy atom. The maximum Gasteiger partial charge on any atom is 0.274 e. The van der Waals surface area contributed by atoms with Crippen LogP contribution in [0.1, 0.15) is 5.56 Å². The molecule has 0 atom stereocenters. The third kappa shape index (κ3) is 3.85. The quantitative estimate of drug-likeness (QED) is 0.421. The smallest absolute Gasteiger partial charge is 0.274 e. The first-order valence-electron chi connectivity index (χ1n) is 5.18. The van der Waals surface area contributed by atoms with Crippen molar-refractivity contribution >= 4 is 6.41 Å². The van der Waals surface area contributed by atoms with Gasteiger partial charge in [0, 0.05) is 33.0 Å². The molecule has 0 N–H and O–H groups in total. The van der Waals surface area contributed by atoms with E-state index in [1.807, 2.05) is 6.07 Å². The molecule has 0 unspecified atom stereocenters. The molecule has 0 fully saturated rings. The van der Waals surface area contributed by atoms with Crippen molar-refractivity contribution in [3.63, 3.8) is 0 Å². The molecule has 1 aromatic rings. The average molecular weight is 250 g/mol. The molecule has 0 aromatic carbocycles. The van der Waals surface area contributed by atoms with E-state index < -0.39 is 4.92 Å². The van der Waals surface area contributed by atoms with Gasteiger partial charge in [0.15, 0.2) is 5.82 Å². The maximum atomic E-state index is 10.7. The number of carbonyl (C=O) groups is 1. The van der Waals surface area contributed by atoms with Crippen molar-refractivity contribution in [3.05, 3.63) is 52.2 Å². The third-order valence-corrected chi connectivity index (χ3v) is 2.27. The van der Waals surface area contributed by atoms with Crippen LogP contribution in [-0.4, -0.2) is 40.2 Å². The van der Waals surface area contributed by atoms with E-state index in [9.17, 15) is 14.9 Å². The van der Waals surface area contributed by atoms with E-state index >= 15 is 0 Å². The first-order valence-corrected chi connectivity index (χ1v) is 5.18. The summed E-state index contributed by atoms with van der Waals surface area (Å²) in [7, 11) is 3.13. The molecule has 0 radical (unpaired) electrons. The molecule has 7 nitrogen and oxygen atoms in total. The molecule has 0 aliphatic heterocycles. The van der Waals surface area contributed by atoms with Crippen molar-refractivity contribution in [2.75, 3.05) is 14.1 Å². The van der Waals surface area contributed by atoms with Crippen molar-refractivity contribution in [2.24, 2.45) is 0 Å². The van der Waals surface area contributed by atoms with Gasteiger partial charge in [-0.25, -0.2) is 0 Å². The molecule has 1 rings (SSSR count). The number of nitrogens with zero attached hydrogens (tertiary/aromatic N) is 4. The van der Waals surface area contributed by atoms with Crippen molar-refractivity contribution in [2.45, 2.75) is 6.54 Å². The Balaban J connectivity index is 2.86. The molecular formula is C11H14N4O3. The predicted molar refractivity (Wildman–Crippen MR) is 64.6 cm³/mol. The number of nitro groups is 1. The monoisotopic (exact) mass is 250 g/mol. The summed E-state index contributed by atoms with van der Waals surface area (Å²) in [5, 5.41) is 10.5. The van der Waals surface area contributed by atoms with Crippen LogP contribution in [0, 0.1) is 10.1 Å². The summed E-state index contributed by atoms with van der Waals surface area (Å²) in [5.41, 5.74) is 0.897. The van der Waals surface area contributed by atoms with Crippen LogP contribution in [0.2, 0.25) is 0 Å². The molecule has 96 valence electrons. The largest absolute Gasteiger partial charge is 0.351 e. The van der Waals surface area contributed by atoms with Gasteiger partial charge in [-0.1, -0.05) is 6.07 Å². The highest BCUT2D eigenvalue weighted by Gasteiger charge is 2.14. The highest BCUT2D eigenvalue weighted by molar-refractivity contribution is 5.49. The second-order valence-corrected chi connectivity index (χ2v) is 3.71. The van der Waals surface area contributed by atoms with Crippen LogP contribution in [0.3, 0.4) is 0 Å². The fraction of sp³-hybridized carbons (Fsp3) is 0.273. The molecule has 0 saturated heterocycles. The molecule has 0 aliphatic rings. The summed E-state index contributed by atoms with van der Waals surface area (Å²) in [5.74, 6) is 0.207. The van der Waals surface area contributed by atoms with Gasteiger partial charge in [-0.2, -0.15) is 0 Å². The van der Waals surface area contributed by atoms with Crippen LogP contribution in [0.4, 0.5) is 0 Å². The van der Waals surface area contributed by atoms with Gasteiger partial charge >= 0.3 is 0 Å². The maximum absolute atomic E-state index is 10.7. The number of rotatable bonds is 6. The first-order chi connectivity index (χ1) is 8.54. The SMILES string of the molecule is CN(C=O)/C(=C\[N+](=O)[O-])N(C)Cc1cccnc1. The Morgan fingerprint density at radius 2 is 2.28 bits per heavy atom. The van der Waals surface area contributed by atoms with Gasteiger partial charge in [0.05, 0.1) is 4.92 Å². The van der Waals surface area contributed by atoms with Gasteiger partial charge in [-0.05, 0) is 11.6 Å². The van der Waals surface area contributed by atoms with Gasteiger partial charge in [-0.15, -0.1) is 0 Å². The Labute approximate surface area is 104 Å². The molecule has 1 aromatic heterocycles. The number of aromatic nitrogens is 1. The molecular weight excluding hydrogens is 236 g/mol. The summed E-state index contributed by atoms with van der Waals surface area (Å²) in [6, 6.07) is 3.64. The van der Waals surface area contributed by atoms with E-state index in [0.29, 0.717) is 13.0 Å². The third-order valence-electron chi connectivity index (χ3n) is 2.27. The van der Waals surface area contributed by atoms with Gasteiger partial charge < -0.3 is 4.90 Å². The molecule has 0 spiro atoms. The van der Waals surface area contributed by atoms with Crippen LogP contribution in [0.15, 0.2) is 36.5 Å². The van der Waals surface area contributed by atoms with Gasteiger partial charge in [0.25, 0.3) is 6.20 Å². The van der Waals surface area contributed by atoms with Crippen LogP contribution in [0.5, 0.6) is 0 Å². The lowest BCUT2D eigenvalue weighted by Crippen LogP contribution is -2.30. The Morgan fingerprint density at radius 1 is 1.56 bits per heavy atom. The van der Waals surface area contributed by atoms with Crippen molar-refractivity contribution in [1.29, 1.82) is 0 Å². The van der Waals surface area contributed by atoms with E-state index in [2.05, 4.69) is 4.98 Å². The fourth-order valence-electron chi connectivity index (χ4n) is 1.45. The van der Waals surface area contributed by atoms with Gasteiger partial charge in [0.2, 0.25) is 6.41 Å². The summed E-state index contributed by atoms with van der Waals surface area (Å²) in [6.45, 7) is 0.422. The van der Waals surface area contributed by atoms with Crippen molar-refractivity contribution in [1.82, 2.24) is 14.8 Å². The van der Waals surface area contributed by atoms with E-state index in [-0.39, 0.29) is 5.82 Å². The summed E-state index contributed by atoms with van der Waals surface area (Å²) in [4.78, 5) is 27.4. The standard InChI is InChI=1S/C11H14N4O3/c1-13(7-10-4-3-5-12-6-10)11(8-15(17)18)14(2)9-16/h3-6,8-9H,7H2,1-2H3/b11-8-. The number of amides is 1. The predicted octanol–water partition coefficient (Wildman–Crippen LogP) is 0.677. The second kappa shape index (κ2) is 6.33. The Kier molecular flexibility index (Phi) is 4.79. The molecule has 18 heavy (non-hydrogen) atoms. The summed E-state index contributed by atoms with van der Waals surface area (Å²) in [6.07, 6.45) is 4.63. The average Bonchev–Trinajstić information content (AvgIpc) is 2.36. The topological polar surface area (TPSA) is 79.6 Å². The van der Waals surface area contributed by atoms with E-state index in [1.165, 1.54) is 7.05 Å². The summed E-state index contributed by atoms with van der Waals surface area (Å²) >= 11 is 0. The number of carbonyl (C=O) groups excluding carboxylic acids is 1. The molecule has 1 amide bonds. The second-order valence-electron chi connectivity index (χ2n) is 3.71. The lowest BCUT2D eigenvalue weighted by molar-refractivity contribution is -0.405. The number of hydrogen-bond donors (Lipinski definition) is 0. The zero-order valence-corrected chi connectivity index (χ0v) is 10.2. The zero-order valence-electron chi connectivity index (χ0n) is 10.2. The zero-order chi connectivity index (χ0) is 13.5. The first kappa shape index (κ1) is 13.6. The highest BCUT2D eigenvalue weighted by atomic mass is 16.6. The number of hydrogen-bond acceptors (Lipinski definition) is 5. The lowest BCUT2D eigenvalue weighted by atomic mass is 10.3. The molecule has 0 aliphatic carbocycles. The molecule has 0 bridgehead atoms. The van der Waals surface area contributed by atoms with Crippen LogP contribution < -0.4 is 0 Å². The van der Waals surface area contributed by atoms with E-state index in [4.69, 9.17) is 0 Å². The Hall–Kier alpha value is -2.44. The lowest BCUT2D eigenvalue weighted by Gasteiger charge is -2.24.